The molecule has 1 aliphatic heterocycles. The number of benzene rings is 1. The minimum atomic E-state index is 0.635. The summed E-state index contributed by atoms with van der Waals surface area (Å²) in [6.45, 7) is 1.72. The Kier molecular flexibility index (Phi) is 4.00. The van der Waals surface area contributed by atoms with Crippen molar-refractivity contribution in [3.05, 3.63) is 35.5 Å². The van der Waals surface area contributed by atoms with Crippen LogP contribution in [-0.4, -0.2) is 37.8 Å². The number of nitrogens with one attached hydrogen (secondary N) is 1. The molecule has 0 aliphatic carbocycles. The van der Waals surface area contributed by atoms with E-state index in [1.54, 1.807) is 20.4 Å². The first-order valence-corrected chi connectivity index (χ1v) is 7.24. The van der Waals surface area contributed by atoms with E-state index in [2.05, 4.69) is 32.3 Å². The topological polar surface area (TPSA) is 59.5 Å². The Balaban J connectivity index is 1.89. The van der Waals surface area contributed by atoms with Crippen molar-refractivity contribution in [2.75, 3.05) is 38.0 Å². The molecule has 1 aliphatic rings. The zero-order chi connectivity index (χ0) is 15.5. The lowest BCUT2D eigenvalue weighted by Gasteiger charge is -2.30. The molecule has 0 saturated carbocycles. The molecule has 1 aromatic heterocycles. The highest BCUT2D eigenvalue weighted by atomic mass is 16.5. The Morgan fingerprint density at radius 2 is 1.86 bits per heavy atom. The highest BCUT2D eigenvalue weighted by Crippen LogP contribution is 2.34. The van der Waals surface area contributed by atoms with Crippen molar-refractivity contribution >= 4 is 11.8 Å². The van der Waals surface area contributed by atoms with E-state index in [0.717, 1.165) is 36.8 Å². The SMILES string of the molecule is CNc1nccc(N2CCc3cc(OC)c(OC)cc3C2)n1. The fourth-order valence-electron chi connectivity index (χ4n) is 2.72. The Morgan fingerprint density at radius 1 is 1.14 bits per heavy atom. The normalized spacial score (nSPS) is 13.5. The fraction of sp³-hybridized carbons (Fsp3) is 0.375. The number of ether oxygens (including phenoxy) is 2. The summed E-state index contributed by atoms with van der Waals surface area (Å²) in [5, 5.41) is 2.97. The molecule has 0 unspecified atom stereocenters. The second kappa shape index (κ2) is 6.09. The summed E-state index contributed by atoms with van der Waals surface area (Å²) in [5.74, 6) is 3.12. The number of methoxy groups -OCH3 is 2. The van der Waals surface area contributed by atoms with Gasteiger partial charge in [0.2, 0.25) is 5.95 Å². The maximum Gasteiger partial charge on any atom is 0.224 e. The Labute approximate surface area is 130 Å². The molecule has 2 aromatic rings. The van der Waals surface area contributed by atoms with Gasteiger partial charge in [-0.1, -0.05) is 0 Å². The van der Waals surface area contributed by atoms with E-state index in [0.29, 0.717) is 5.95 Å². The third kappa shape index (κ3) is 2.64. The van der Waals surface area contributed by atoms with Crippen LogP contribution >= 0.6 is 0 Å². The molecule has 0 amide bonds. The number of anilines is 2. The van der Waals surface area contributed by atoms with E-state index in [1.807, 2.05) is 13.1 Å². The number of hydrogen-bond donors (Lipinski definition) is 1. The molecule has 1 aromatic carbocycles. The van der Waals surface area contributed by atoms with Crippen LogP contribution in [0.25, 0.3) is 0 Å². The van der Waals surface area contributed by atoms with E-state index >= 15 is 0 Å². The first-order chi connectivity index (χ1) is 10.7. The highest BCUT2D eigenvalue weighted by Gasteiger charge is 2.20. The van der Waals surface area contributed by atoms with Gasteiger partial charge in [0.25, 0.3) is 0 Å². The van der Waals surface area contributed by atoms with Crippen molar-refractivity contribution in [1.29, 1.82) is 0 Å². The van der Waals surface area contributed by atoms with Crippen molar-refractivity contribution in [2.45, 2.75) is 13.0 Å². The molecular formula is C16H20N4O2. The monoisotopic (exact) mass is 300 g/mol. The largest absolute Gasteiger partial charge is 0.493 e. The van der Waals surface area contributed by atoms with Crippen molar-refractivity contribution in [3.63, 3.8) is 0 Å². The first kappa shape index (κ1) is 14.4. The van der Waals surface area contributed by atoms with Crippen LogP contribution in [0.4, 0.5) is 11.8 Å². The van der Waals surface area contributed by atoms with Crippen LogP contribution in [0.1, 0.15) is 11.1 Å². The Hall–Kier alpha value is -2.50. The standard InChI is InChI=1S/C16H20N4O2/c1-17-16-18-6-4-15(19-16)20-7-5-11-8-13(21-2)14(22-3)9-12(11)10-20/h4,6,8-9H,5,7,10H2,1-3H3,(H,17,18,19). The van der Waals surface area contributed by atoms with E-state index in [-0.39, 0.29) is 0 Å². The van der Waals surface area contributed by atoms with Gasteiger partial charge in [-0.25, -0.2) is 4.98 Å². The third-order valence-corrected chi connectivity index (χ3v) is 3.91. The molecule has 1 N–H and O–H groups in total. The zero-order valence-corrected chi connectivity index (χ0v) is 13.1. The lowest BCUT2D eigenvalue weighted by molar-refractivity contribution is 0.353. The lowest BCUT2D eigenvalue weighted by Crippen LogP contribution is -2.31. The predicted molar refractivity (Wildman–Crippen MR) is 85.9 cm³/mol. The molecule has 0 radical (unpaired) electrons. The van der Waals surface area contributed by atoms with Crippen LogP contribution in [0.2, 0.25) is 0 Å². The van der Waals surface area contributed by atoms with Crippen LogP contribution in [-0.2, 0) is 13.0 Å². The Bertz CT molecular complexity index is 675. The van der Waals surface area contributed by atoms with Crippen molar-refractivity contribution < 1.29 is 9.47 Å². The van der Waals surface area contributed by atoms with E-state index < -0.39 is 0 Å². The summed E-state index contributed by atoms with van der Waals surface area (Å²) in [6, 6.07) is 6.07. The molecule has 116 valence electrons. The van der Waals surface area contributed by atoms with Gasteiger partial charge in [-0.15, -0.1) is 0 Å². The molecule has 0 spiro atoms. The molecule has 0 bridgehead atoms. The van der Waals surface area contributed by atoms with Crippen LogP contribution in [0.15, 0.2) is 24.4 Å². The Morgan fingerprint density at radius 3 is 2.55 bits per heavy atom. The minimum Gasteiger partial charge on any atom is -0.493 e. The average Bonchev–Trinajstić information content (AvgIpc) is 2.59. The molecule has 22 heavy (non-hydrogen) atoms. The van der Waals surface area contributed by atoms with E-state index in [9.17, 15) is 0 Å². The first-order valence-electron chi connectivity index (χ1n) is 7.24. The van der Waals surface area contributed by atoms with Gasteiger partial charge in [-0.3, -0.25) is 0 Å². The molecule has 6 nitrogen and oxygen atoms in total. The van der Waals surface area contributed by atoms with Crippen molar-refractivity contribution in [2.24, 2.45) is 0 Å². The zero-order valence-electron chi connectivity index (χ0n) is 13.1. The maximum absolute atomic E-state index is 5.40. The number of fused-ring (bicyclic) bond motifs is 1. The van der Waals surface area contributed by atoms with Gasteiger partial charge in [-0.2, -0.15) is 4.98 Å². The minimum absolute atomic E-state index is 0.635. The van der Waals surface area contributed by atoms with Gasteiger partial charge in [0.15, 0.2) is 11.5 Å². The van der Waals surface area contributed by atoms with Crippen molar-refractivity contribution in [1.82, 2.24) is 9.97 Å². The summed E-state index contributed by atoms with van der Waals surface area (Å²) >= 11 is 0. The average molecular weight is 300 g/mol. The van der Waals surface area contributed by atoms with Gasteiger partial charge < -0.3 is 19.7 Å². The molecule has 0 fully saturated rings. The molecule has 2 heterocycles. The molecule has 0 atom stereocenters. The van der Waals surface area contributed by atoms with Gasteiger partial charge in [-0.05, 0) is 35.7 Å². The molecule has 0 saturated heterocycles. The third-order valence-electron chi connectivity index (χ3n) is 3.91. The highest BCUT2D eigenvalue weighted by molar-refractivity contribution is 5.52. The van der Waals surface area contributed by atoms with E-state index in [4.69, 9.17) is 9.47 Å². The second-order valence-electron chi connectivity index (χ2n) is 5.14. The molecular weight excluding hydrogens is 280 g/mol. The van der Waals surface area contributed by atoms with Crippen LogP contribution < -0.4 is 19.7 Å². The smallest absolute Gasteiger partial charge is 0.224 e. The van der Waals surface area contributed by atoms with Gasteiger partial charge >= 0.3 is 0 Å². The van der Waals surface area contributed by atoms with Crippen molar-refractivity contribution in [3.8, 4) is 11.5 Å². The van der Waals surface area contributed by atoms with Gasteiger partial charge in [0.1, 0.15) is 5.82 Å². The van der Waals surface area contributed by atoms with Crippen LogP contribution in [0, 0.1) is 0 Å². The summed E-state index contributed by atoms with van der Waals surface area (Å²) in [5.41, 5.74) is 2.55. The maximum atomic E-state index is 5.40. The number of rotatable bonds is 4. The summed E-state index contributed by atoms with van der Waals surface area (Å²) < 4.78 is 10.8. The second-order valence-corrected chi connectivity index (χ2v) is 5.14. The van der Waals surface area contributed by atoms with Gasteiger partial charge in [0, 0.05) is 26.3 Å². The predicted octanol–water partition coefficient (Wildman–Crippen LogP) is 2.10. The number of aromatic nitrogens is 2. The fourth-order valence-corrected chi connectivity index (χ4v) is 2.72. The summed E-state index contributed by atoms with van der Waals surface area (Å²) in [4.78, 5) is 10.9. The quantitative estimate of drug-likeness (QED) is 0.933. The van der Waals surface area contributed by atoms with Crippen LogP contribution in [0.5, 0.6) is 11.5 Å². The number of nitrogens with zero attached hydrogens (tertiary/aromatic N) is 3. The molecule has 6 heteroatoms. The van der Waals surface area contributed by atoms with E-state index in [1.165, 1.54) is 11.1 Å². The lowest BCUT2D eigenvalue weighted by atomic mass is 9.99. The van der Waals surface area contributed by atoms with Crippen LogP contribution in [0.3, 0.4) is 0 Å². The summed E-state index contributed by atoms with van der Waals surface area (Å²) in [7, 11) is 5.15. The molecule has 3 rings (SSSR count). The van der Waals surface area contributed by atoms with Gasteiger partial charge in [0.05, 0.1) is 14.2 Å². The summed E-state index contributed by atoms with van der Waals surface area (Å²) in [6.07, 6.45) is 2.73. The number of hydrogen-bond acceptors (Lipinski definition) is 6.